The maximum atomic E-state index is 13.4. The zero-order chi connectivity index (χ0) is 25.9. The maximum absolute atomic E-state index is 13.4. The van der Waals surface area contributed by atoms with Crippen LogP contribution in [0.15, 0.2) is 87.6 Å². The van der Waals surface area contributed by atoms with E-state index in [1.54, 1.807) is 67.4 Å². The molecule has 0 radical (unpaired) electrons. The van der Waals surface area contributed by atoms with Crippen molar-refractivity contribution in [3.05, 3.63) is 89.5 Å². The molecular weight excluding hydrogens is 568 g/mol. The van der Waals surface area contributed by atoms with Gasteiger partial charge in [-0.05, 0) is 79.4 Å². The summed E-state index contributed by atoms with van der Waals surface area (Å²) in [6, 6.07) is 20.5. The van der Waals surface area contributed by atoms with E-state index in [4.69, 9.17) is 21.3 Å². The van der Waals surface area contributed by atoms with Gasteiger partial charge in [-0.15, -0.1) is 0 Å². The summed E-state index contributed by atoms with van der Waals surface area (Å²) in [6.45, 7) is 0.654. The number of hydrogen-bond acceptors (Lipinski definition) is 6. The van der Waals surface area contributed by atoms with E-state index in [1.165, 1.54) is 56.4 Å². The minimum absolute atomic E-state index is 0.0534. The van der Waals surface area contributed by atoms with Gasteiger partial charge in [-0.2, -0.15) is 0 Å². The molecule has 0 saturated heterocycles. The fraction of sp³-hybridized carbons (Fsp3) is 0.321. The lowest BCUT2D eigenvalue weighted by Gasteiger charge is -2.23. The molecule has 2 nitrogen and oxygen atoms in total. The summed E-state index contributed by atoms with van der Waals surface area (Å²) >= 11 is 6.42. The van der Waals surface area contributed by atoms with Crippen molar-refractivity contribution >= 4 is 66.4 Å². The van der Waals surface area contributed by atoms with Gasteiger partial charge in [0, 0.05) is 16.2 Å². The molecule has 4 rings (SSSR count). The number of ether oxygens (including phenoxy) is 1. The Labute approximate surface area is 238 Å². The number of halogens is 3. The van der Waals surface area contributed by atoms with E-state index in [9.17, 15) is 8.78 Å². The van der Waals surface area contributed by atoms with Gasteiger partial charge in [0.2, 0.25) is 0 Å². The summed E-state index contributed by atoms with van der Waals surface area (Å²) in [5.41, 5.74) is 0.689. The van der Waals surface area contributed by atoms with Gasteiger partial charge in [-0.3, -0.25) is 0 Å². The van der Waals surface area contributed by atoms with Gasteiger partial charge in [0.1, 0.15) is 11.6 Å². The molecule has 37 heavy (non-hydrogen) atoms. The van der Waals surface area contributed by atoms with Crippen molar-refractivity contribution in [2.75, 3.05) is 6.61 Å². The quantitative estimate of drug-likeness (QED) is 0.0948. The minimum atomic E-state index is -0.252. The van der Waals surface area contributed by atoms with E-state index in [2.05, 4.69) is 0 Å². The highest BCUT2D eigenvalue weighted by molar-refractivity contribution is 8.85. The van der Waals surface area contributed by atoms with Crippen LogP contribution in [-0.4, -0.2) is 17.1 Å². The first kappa shape index (κ1) is 28.7. The molecule has 0 N–H and O–H groups in total. The monoisotopic (exact) mass is 595 g/mol. The Morgan fingerprint density at radius 3 is 1.97 bits per heavy atom. The molecule has 0 aromatic heterocycles. The molecule has 0 aliphatic heterocycles. The number of aliphatic imine (C=N–C) groups is 1. The molecule has 3 aromatic rings. The van der Waals surface area contributed by atoms with Crippen LogP contribution in [-0.2, 0) is 4.74 Å². The molecule has 0 spiro atoms. The van der Waals surface area contributed by atoms with Crippen molar-refractivity contribution in [2.24, 2.45) is 10.9 Å². The highest BCUT2D eigenvalue weighted by atomic mass is 35.5. The lowest BCUT2D eigenvalue weighted by molar-refractivity contribution is 0.195. The van der Waals surface area contributed by atoms with Crippen LogP contribution in [0.2, 0.25) is 5.02 Å². The molecule has 1 aliphatic rings. The Morgan fingerprint density at radius 2 is 1.41 bits per heavy atom. The van der Waals surface area contributed by atoms with Crippen molar-refractivity contribution in [2.45, 2.75) is 52.9 Å². The molecule has 1 fully saturated rings. The van der Waals surface area contributed by atoms with E-state index in [-0.39, 0.29) is 16.2 Å². The van der Waals surface area contributed by atoms with E-state index in [0.29, 0.717) is 35.6 Å². The highest BCUT2D eigenvalue weighted by Crippen LogP contribution is 2.47. The topological polar surface area (TPSA) is 21.6 Å². The Bertz CT molecular complexity index is 1090. The largest absolute Gasteiger partial charge is 0.480 e. The average molecular weight is 596 g/mol. The lowest BCUT2D eigenvalue weighted by Crippen LogP contribution is -2.18. The maximum Gasteiger partial charge on any atom is 0.190 e. The normalized spacial score (nSPS) is 14.8. The summed E-state index contributed by atoms with van der Waals surface area (Å²) in [7, 11) is 6.54. The lowest BCUT2D eigenvalue weighted by atomic mass is 9.90. The van der Waals surface area contributed by atoms with Crippen molar-refractivity contribution in [1.82, 2.24) is 0 Å². The fourth-order valence-corrected chi connectivity index (χ4v) is 9.71. The predicted molar refractivity (Wildman–Crippen MR) is 159 cm³/mol. The number of benzene rings is 3. The van der Waals surface area contributed by atoms with Crippen molar-refractivity contribution in [3.8, 4) is 0 Å². The van der Waals surface area contributed by atoms with Crippen LogP contribution in [0.5, 0.6) is 0 Å². The summed E-state index contributed by atoms with van der Waals surface area (Å²) in [5.74, 6) is 0.698. The zero-order valence-electron chi connectivity index (χ0n) is 20.2. The summed E-state index contributed by atoms with van der Waals surface area (Å²) in [6.07, 6.45) is 6.76. The van der Waals surface area contributed by atoms with Gasteiger partial charge in [0.05, 0.1) is 21.9 Å². The van der Waals surface area contributed by atoms with Crippen molar-refractivity contribution in [3.63, 3.8) is 0 Å². The molecule has 0 unspecified atom stereocenters. The number of para-hydroxylation sites is 1. The zero-order valence-corrected chi connectivity index (χ0v) is 24.2. The van der Waals surface area contributed by atoms with Crippen molar-refractivity contribution < 1.29 is 13.5 Å². The molecule has 0 bridgehead atoms. The Balaban J connectivity index is 1.49. The fourth-order valence-electron chi connectivity index (χ4n) is 3.81. The molecular formula is C28H28ClF2NOS4. The molecule has 0 heterocycles. The van der Waals surface area contributed by atoms with Crippen LogP contribution in [0.1, 0.15) is 38.5 Å². The molecule has 1 aliphatic carbocycles. The van der Waals surface area contributed by atoms with Crippen molar-refractivity contribution in [1.29, 1.82) is 0 Å². The first-order chi connectivity index (χ1) is 18.0. The third kappa shape index (κ3) is 10.1. The first-order valence-corrected chi connectivity index (χ1v) is 17.0. The van der Waals surface area contributed by atoms with Crippen LogP contribution >= 0.6 is 54.8 Å². The Hall–Kier alpha value is -1.32. The summed E-state index contributed by atoms with van der Waals surface area (Å²) in [5, 5.41) is 0.583. The second-order valence-corrected chi connectivity index (χ2v) is 14.3. The molecule has 196 valence electrons. The second-order valence-electron chi connectivity index (χ2n) is 8.67. The molecule has 0 amide bonds. The van der Waals surface area contributed by atoms with Gasteiger partial charge in [-0.25, -0.2) is 13.8 Å². The third-order valence-corrected chi connectivity index (χ3v) is 12.4. The average Bonchev–Trinajstić information content (AvgIpc) is 2.92. The number of hydrogen-bond donors (Lipinski definition) is 0. The second kappa shape index (κ2) is 15.3. The van der Waals surface area contributed by atoms with E-state index in [1.807, 2.05) is 24.3 Å². The molecule has 9 heteroatoms. The Kier molecular flexibility index (Phi) is 11.9. The minimum Gasteiger partial charge on any atom is -0.480 e. The third-order valence-electron chi connectivity index (χ3n) is 5.78. The molecule has 1 saturated carbocycles. The first-order valence-electron chi connectivity index (χ1n) is 12.2. The van der Waals surface area contributed by atoms with Gasteiger partial charge in [0.25, 0.3) is 0 Å². The van der Waals surface area contributed by atoms with Gasteiger partial charge < -0.3 is 4.74 Å². The molecule has 3 aromatic carbocycles. The van der Waals surface area contributed by atoms with Crippen LogP contribution in [0, 0.1) is 17.6 Å². The van der Waals surface area contributed by atoms with Gasteiger partial charge >= 0.3 is 0 Å². The summed E-state index contributed by atoms with van der Waals surface area (Å²) < 4.78 is 33.2. The Morgan fingerprint density at radius 1 is 0.838 bits per heavy atom. The number of rotatable bonds is 11. The van der Waals surface area contributed by atoms with Gasteiger partial charge in [-0.1, -0.05) is 86.2 Å². The van der Waals surface area contributed by atoms with E-state index < -0.39 is 0 Å². The summed E-state index contributed by atoms with van der Waals surface area (Å²) in [4.78, 5) is 6.77. The van der Waals surface area contributed by atoms with Crippen LogP contribution < -0.4 is 0 Å². The van der Waals surface area contributed by atoms with Gasteiger partial charge in [0.15, 0.2) is 5.90 Å². The highest BCUT2D eigenvalue weighted by Gasteiger charge is 2.20. The number of nitrogens with zero attached hydrogens (tertiary/aromatic N) is 1. The standard InChI is InChI=1S/C28H28ClF2NOS4/c29-25-8-4-5-9-26(25)32-27(33-19-20-6-2-1-3-7-20)18-28(36-34-23-14-10-21(30)11-15-23)37-35-24-16-12-22(31)13-17-24/h4-5,8-17,20,28H,1-3,6-7,18-19H2. The molecule has 0 atom stereocenters. The predicted octanol–water partition coefficient (Wildman–Crippen LogP) is 10.8. The van der Waals surface area contributed by atoms with Crippen LogP contribution in [0.3, 0.4) is 0 Å². The van der Waals surface area contributed by atoms with E-state index in [0.717, 1.165) is 9.79 Å². The van der Waals surface area contributed by atoms with Crippen LogP contribution in [0.25, 0.3) is 0 Å². The smallest absolute Gasteiger partial charge is 0.190 e. The van der Waals surface area contributed by atoms with Crippen LogP contribution in [0.4, 0.5) is 14.5 Å². The SMILES string of the molecule is Fc1ccc(SSC(CC(=Nc2ccccc2Cl)OCC2CCCCC2)SSc2ccc(F)cc2)cc1. The van der Waals surface area contributed by atoms with E-state index >= 15 is 0 Å².